The van der Waals surface area contributed by atoms with Crippen molar-refractivity contribution < 1.29 is 4.74 Å². The summed E-state index contributed by atoms with van der Waals surface area (Å²) >= 11 is 0. The van der Waals surface area contributed by atoms with Crippen LogP contribution >= 0.6 is 0 Å². The van der Waals surface area contributed by atoms with Gasteiger partial charge in [-0.25, -0.2) is 0 Å². The van der Waals surface area contributed by atoms with Crippen molar-refractivity contribution >= 4 is 21.8 Å². The van der Waals surface area contributed by atoms with Crippen LogP contribution in [0, 0.1) is 0 Å². The smallest absolute Gasteiger partial charge is 0.128 e. The molecule has 3 heterocycles. The third-order valence-corrected chi connectivity index (χ3v) is 8.91. The number of fused-ring (bicyclic) bond motifs is 3. The molecule has 5 aromatic carbocycles. The SMILES string of the molecule is CC(C)(C)c1ccc(-n2c3ccccc3c3c(-c4cccc(Oc5cccc(-c6ccccn6)c5)c4)nccc32)c(-c2ccccc2)c1. The Balaban J connectivity index is 1.27. The molecule has 0 saturated heterocycles. The van der Waals surface area contributed by atoms with Crippen LogP contribution in [0.5, 0.6) is 11.5 Å². The van der Waals surface area contributed by atoms with Crippen LogP contribution in [-0.4, -0.2) is 14.5 Å². The van der Waals surface area contributed by atoms with Gasteiger partial charge in [-0.2, -0.15) is 0 Å². The van der Waals surface area contributed by atoms with Crippen molar-refractivity contribution in [3.63, 3.8) is 0 Å². The van der Waals surface area contributed by atoms with E-state index in [9.17, 15) is 0 Å². The molecule has 4 nitrogen and oxygen atoms in total. The van der Waals surface area contributed by atoms with E-state index < -0.39 is 0 Å². The van der Waals surface area contributed by atoms with Crippen LogP contribution in [0.4, 0.5) is 0 Å². The van der Waals surface area contributed by atoms with E-state index in [0.29, 0.717) is 0 Å². The number of nitrogens with zero attached hydrogens (tertiary/aromatic N) is 3. The van der Waals surface area contributed by atoms with Crippen LogP contribution in [0.3, 0.4) is 0 Å². The van der Waals surface area contributed by atoms with Gasteiger partial charge in [0.05, 0.1) is 28.1 Å². The van der Waals surface area contributed by atoms with E-state index in [1.807, 2.05) is 60.8 Å². The molecule has 0 N–H and O–H groups in total. The van der Waals surface area contributed by atoms with Crippen LogP contribution in [0.15, 0.2) is 158 Å². The predicted octanol–water partition coefficient (Wildman–Crippen LogP) is 11.7. The Morgan fingerprint density at radius 2 is 1.25 bits per heavy atom. The maximum Gasteiger partial charge on any atom is 0.128 e. The monoisotopic (exact) mass is 621 g/mol. The molecule has 0 aliphatic heterocycles. The Morgan fingerprint density at radius 1 is 0.542 bits per heavy atom. The number of pyridine rings is 2. The Bertz CT molecular complexity index is 2400. The van der Waals surface area contributed by atoms with Gasteiger partial charge in [-0.1, -0.05) is 106 Å². The largest absolute Gasteiger partial charge is 0.457 e. The predicted molar refractivity (Wildman–Crippen MR) is 198 cm³/mol. The molecule has 0 amide bonds. The number of rotatable bonds is 6. The Morgan fingerprint density at radius 3 is 2.02 bits per heavy atom. The quantitative estimate of drug-likeness (QED) is 0.185. The van der Waals surface area contributed by atoms with Crippen molar-refractivity contribution in [3.8, 4) is 50.8 Å². The topological polar surface area (TPSA) is 39.9 Å². The van der Waals surface area contributed by atoms with Crippen LogP contribution in [0.1, 0.15) is 26.3 Å². The minimum absolute atomic E-state index is 0.0206. The first kappa shape index (κ1) is 29.4. The van der Waals surface area contributed by atoms with Crippen molar-refractivity contribution in [2.75, 3.05) is 0 Å². The summed E-state index contributed by atoms with van der Waals surface area (Å²) in [4.78, 5) is 9.49. The maximum atomic E-state index is 6.42. The molecule has 0 saturated carbocycles. The van der Waals surface area contributed by atoms with Crippen molar-refractivity contribution in [2.45, 2.75) is 26.2 Å². The molecule has 8 aromatic rings. The van der Waals surface area contributed by atoms with Crippen LogP contribution in [-0.2, 0) is 5.41 Å². The molecule has 0 atom stereocenters. The molecule has 0 aliphatic rings. The first-order chi connectivity index (χ1) is 23.4. The molecule has 0 unspecified atom stereocenters. The molecule has 4 heteroatoms. The maximum absolute atomic E-state index is 6.42. The normalized spacial score (nSPS) is 11.6. The van der Waals surface area contributed by atoms with E-state index in [4.69, 9.17) is 9.72 Å². The van der Waals surface area contributed by atoms with E-state index in [1.165, 1.54) is 16.7 Å². The minimum atomic E-state index is 0.0206. The molecular weight excluding hydrogens is 587 g/mol. The molecule has 0 radical (unpaired) electrons. The van der Waals surface area contributed by atoms with Gasteiger partial charge >= 0.3 is 0 Å². The van der Waals surface area contributed by atoms with E-state index in [-0.39, 0.29) is 5.41 Å². The first-order valence-corrected chi connectivity index (χ1v) is 16.3. The number of ether oxygens (including phenoxy) is 1. The lowest BCUT2D eigenvalue weighted by molar-refractivity contribution is 0.483. The Labute approximate surface area is 281 Å². The van der Waals surface area contributed by atoms with E-state index >= 15 is 0 Å². The van der Waals surface area contributed by atoms with Gasteiger partial charge in [-0.05, 0) is 77.2 Å². The molecule has 0 bridgehead atoms. The van der Waals surface area contributed by atoms with Crippen LogP contribution < -0.4 is 4.74 Å². The van der Waals surface area contributed by atoms with Crippen LogP contribution in [0.25, 0.3) is 61.1 Å². The highest BCUT2D eigenvalue weighted by molar-refractivity contribution is 6.15. The fourth-order valence-electron chi connectivity index (χ4n) is 6.53. The van der Waals surface area contributed by atoms with Gasteiger partial charge in [0.15, 0.2) is 0 Å². The van der Waals surface area contributed by atoms with Gasteiger partial charge in [0.25, 0.3) is 0 Å². The molecule has 0 fully saturated rings. The standard InChI is InChI=1S/C44H35N3O/c1-44(2,3)33-22-23-40(37(29-33)30-13-5-4-6-14-30)47-39-21-8-7-19-36(39)42-41(47)24-26-46-43(42)32-16-12-18-35(28-32)48-34-17-11-15-31(27-34)38-20-9-10-25-45-38/h4-29H,1-3H3. The number of hydrogen-bond acceptors (Lipinski definition) is 3. The average Bonchev–Trinajstić information content (AvgIpc) is 3.46. The van der Waals surface area contributed by atoms with Crippen LogP contribution in [0.2, 0.25) is 0 Å². The zero-order chi connectivity index (χ0) is 32.7. The molecule has 8 rings (SSSR count). The number of hydrogen-bond donors (Lipinski definition) is 0. The van der Waals surface area contributed by atoms with E-state index in [2.05, 4.69) is 121 Å². The lowest BCUT2D eigenvalue weighted by Crippen LogP contribution is -2.11. The van der Waals surface area contributed by atoms with E-state index in [0.717, 1.165) is 61.5 Å². The highest BCUT2D eigenvalue weighted by Crippen LogP contribution is 2.41. The second-order valence-corrected chi connectivity index (χ2v) is 13.1. The zero-order valence-corrected chi connectivity index (χ0v) is 27.3. The fraction of sp³-hybridized carbons (Fsp3) is 0.0909. The van der Waals surface area contributed by atoms with E-state index in [1.54, 1.807) is 6.20 Å². The molecule has 0 spiro atoms. The van der Waals surface area contributed by atoms with Crippen molar-refractivity contribution in [1.82, 2.24) is 14.5 Å². The Kier molecular flexibility index (Phi) is 7.34. The molecular formula is C44H35N3O. The molecule has 232 valence electrons. The zero-order valence-electron chi connectivity index (χ0n) is 27.3. The molecule has 0 aliphatic carbocycles. The summed E-state index contributed by atoms with van der Waals surface area (Å²) in [5.74, 6) is 1.50. The van der Waals surface area contributed by atoms with Crippen molar-refractivity contribution in [3.05, 3.63) is 164 Å². The van der Waals surface area contributed by atoms with Gasteiger partial charge in [0.1, 0.15) is 11.5 Å². The highest BCUT2D eigenvalue weighted by Gasteiger charge is 2.21. The summed E-state index contributed by atoms with van der Waals surface area (Å²) in [5.41, 5.74) is 10.9. The highest BCUT2D eigenvalue weighted by atomic mass is 16.5. The minimum Gasteiger partial charge on any atom is -0.457 e. The lowest BCUT2D eigenvalue weighted by Gasteiger charge is -2.22. The third kappa shape index (κ3) is 5.41. The first-order valence-electron chi connectivity index (χ1n) is 16.3. The lowest BCUT2D eigenvalue weighted by atomic mass is 9.85. The molecule has 3 aromatic heterocycles. The van der Waals surface area contributed by atoms with Gasteiger partial charge in [0, 0.05) is 39.9 Å². The summed E-state index contributed by atoms with van der Waals surface area (Å²) in [6, 6.07) is 50.5. The van der Waals surface area contributed by atoms with Crippen molar-refractivity contribution in [1.29, 1.82) is 0 Å². The van der Waals surface area contributed by atoms with Gasteiger partial charge in [0.2, 0.25) is 0 Å². The second-order valence-electron chi connectivity index (χ2n) is 13.1. The summed E-state index contributed by atoms with van der Waals surface area (Å²) in [7, 11) is 0. The Hall–Kier alpha value is -6.00. The van der Waals surface area contributed by atoms with Gasteiger partial charge in [-0.3, -0.25) is 9.97 Å². The van der Waals surface area contributed by atoms with Crippen molar-refractivity contribution in [2.24, 2.45) is 0 Å². The third-order valence-electron chi connectivity index (χ3n) is 8.91. The molecule has 48 heavy (non-hydrogen) atoms. The fourth-order valence-corrected chi connectivity index (χ4v) is 6.53. The summed E-state index contributed by atoms with van der Waals surface area (Å²) < 4.78 is 8.82. The second kappa shape index (κ2) is 12.0. The average molecular weight is 622 g/mol. The summed E-state index contributed by atoms with van der Waals surface area (Å²) in [6.07, 6.45) is 3.73. The summed E-state index contributed by atoms with van der Waals surface area (Å²) in [5, 5.41) is 2.27. The van der Waals surface area contributed by atoms with Gasteiger partial charge in [-0.15, -0.1) is 0 Å². The number of para-hydroxylation sites is 1. The summed E-state index contributed by atoms with van der Waals surface area (Å²) in [6.45, 7) is 6.80. The van der Waals surface area contributed by atoms with Gasteiger partial charge < -0.3 is 9.30 Å². The number of benzene rings is 5. The number of aromatic nitrogens is 3.